The van der Waals surface area contributed by atoms with Gasteiger partial charge in [-0.25, -0.2) is 0 Å². The summed E-state index contributed by atoms with van der Waals surface area (Å²) in [5, 5.41) is 1.24. The maximum Gasteiger partial charge on any atom is 0.370 e. The largest absolute Gasteiger partial charge is 0.391 e. The van der Waals surface area contributed by atoms with Crippen LogP contribution < -0.4 is 5.19 Å². The predicted molar refractivity (Wildman–Crippen MR) is 86.4 cm³/mol. The van der Waals surface area contributed by atoms with Gasteiger partial charge in [-0.15, -0.1) is 0 Å². The van der Waals surface area contributed by atoms with E-state index >= 15 is 0 Å². The van der Waals surface area contributed by atoms with E-state index < -0.39 is 8.56 Å². The van der Waals surface area contributed by atoms with Gasteiger partial charge in [-0.1, -0.05) is 12.1 Å². The first-order valence-electron chi connectivity index (χ1n) is 5.27. The highest BCUT2D eigenvalue weighted by Gasteiger charge is 2.35. The molecule has 0 unspecified atom stereocenters. The molecule has 0 aliphatic carbocycles. The SMILES string of the molecule is CCO[Si](C)(OCC)c1cccc(I)c1I. The molecule has 0 aromatic heterocycles. The second kappa shape index (κ2) is 6.67. The molecule has 16 heavy (non-hydrogen) atoms. The topological polar surface area (TPSA) is 18.5 Å². The smallest absolute Gasteiger partial charge is 0.370 e. The highest BCUT2D eigenvalue weighted by Crippen LogP contribution is 2.18. The minimum atomic E-state index is -2.21. The van der Waals surface area contributed by atoms with Crippen LogP contribution in [0.25, 0.3) is 0 Å². The zero-order chi connectivity index (χ0) is 12.2. The van der Waals surface area contributed by atoms with Crippen molar-refractivity contribution in [3.05, 3.63) is 25.3 Å². The van der Waals surface area contributed by atoms with Gasteiger partial charge in [0.15, 0.2) is 0 Å². The number of halogens is 2. The zero-order valence-electron chi connectivity index (χ0n) is 9.72. The van der Waals surface area contributed by atoms with Crippen molar-refractivity contribution in [2.24, 2.45) is 0 Å². The summed E-state index contributed by atoms with van der Waals surface area (Å²) in [5.41, 5.74) is 0. The minimum absolute atomic E-state index is 0.699. The second-order valence-electron chi connectivity index (χ2n) is 3.41. The molecule has 0 saturated carbocycles. The van der Waals surface area contributed by atoms with E-state index in [1.807, 2.05) is 13.8 Å². The molecule has 1 aromatic carbocycles. The Morgan fingerprint density at radius 2 is 1.69 bits per heavy atom. The van der Waals surface area contributed by atoms with Gasteiger partial charge in [0.2, 0.25) is 0 Å². The Morgan fingerprint density at radius 3 is 2.19 bits per heavy atom. The lowest BCUT2D eigenvalue weighted by Crippen LogP contribution is -2.52. The highest BCUT2D eigenvalue weighted by atomic mass is 127. The van der Waals surface area contributed by atoms with E-state index in [0.717, 1.165) is 0 Å². The van der Waals surface area contributed by atoms with Crippen molar-refractivity contribution in [1.29, 1.82) is 0 Å². The van der Waals surface area contributed by atoms with Crippen LogP contribution in [0.2, 0.25) is 6.55 Å². The van der Waals surface area contributed by atoms with Crippen LogP contribution in [-0.4, -0.2) is 21.8 Å². The average Bonchev–Trinajstić information content (AvgIpc) is 2.22. The van der Waals surface area contributed by atoms with E-state index in [1.165, 1.54) is 12.3 Å². The number of rotatable bonds is 5. The summed E-state index contributed by atoms with van der Waals surface area (Å²) in [6, 6.07) is 6.31. The molecule has 0 N–H and O–H groups in total. The lowest BCUT2D eigenvalue weighted by Gasteiger charge is -2.27. The summed E-state index contributed by atoms with van der Waals surface area (Å²) in [7, 11) is -2.21. The Balaban J connectivity index is 3.15. The third kappa shape index (κ3) is 3.41. The van der Waals surface area contributed by atoms with E-state index in [4.69, 9.17) is 8.85 Å². The molecule has 2 nitrogen and oxygen atoms in total. The van der Waals surface area contributed by atoms with Gasteiger partial charge in [0, 0.05) is 25.5 Å². The summed E-state index contributed by atoms with van der Waals surface area (Å²) in [4.78, 5) is 0. The first kappa shape index (κ1) is 14.9. The van der Waals surface area contributed by atoms with Crippen LogP contribution in [0.4, 0.5) is 0 Å². The van der Waals surface area contributed by atoms with Gasteiger partial charge >= 0.3 is 8.56 Å². The van der Waals surface area contributed by atoms with E-state index in [-0.39, 0.29) is 0 Å². The Labute approximate surface area is 126 Å². The lowest BCUT2D eigenvalue weighted by molar-refractivity contribution is 0.202. The van der Waals surface area contributed by atoms with Gasteiger partial charge in [-0.2, -0.15) is 0 Å². The van der Waals surface area contributed by atoms with Crippen LogP contribution in [0.3, 0.4) is 0 Å². The van der Waals surface area contributed by atoms with Crippen LogP contribution in [0, 0.1) is 7.14 Å². The van der Waals surface area contributed by atoms with Gasteiger partial charge < -0.3 is 8.85 Å². The molecule has 0 aliphatic rings. The van der Waals surface area contributed by atoms with Crippen LogP contribution in [0.5, 0.6) is 0 Å². The van der Waals surface area contributed by atoms with Crippen LogP contribution >= 0.6 is 45.2 Å². The van der Waals surface area contributed by atoms with Crippen molar-refractivity contribution in [1.82, 2.24) is 0 Å². The van der Waals surface area contributed by atoms with Crippen LogP contribution in [0.1, 0.15) is 13.8 Å². The number of hydrogen-bond donors (Lipinski definition) is 0. The number of benzene rings is 1. The summed E-state index contributed by atoms with van der Waals surface area (Å²) < 4.78 is 14.3. The molecule has 0 saturated heterocycles. The van der Waals surface area contributed by atoms with Crippen molar-refractivity contribution in [2.75, 3.05) is 13.2 Å². The maximum atomic E-state index is 5.90. The van der Waals surface area contributed by atoms with Gasteiger partial charge in [-0.05, 0) is 71.6 Å². The Hall–Kier alpha value is 0.817. The molecule has 0 heterocycles. The zero-order valence-corrected chi connectivity index (χ0v) is 15.0. The van der Waals surface area contributed by atoms with Crippen molar-refractivity contribution in [3.8, 4) is 0 Å². The molecule has 1 aromatic rings. The number of hydrogen-bond acceptors (Lipinski definition) is 2. The molecular weight excluding hydrogens is 446 g/mol. The monoisotopic (exact) mass is 462 g/mol. The van der Waals surface area contributed by atoms with Crippen molar-refractivity contribution < 1.29 is 8.85 Å². The molecule has 1 rings (SSSR count). The van der Waals surface area contributed by atoms with Crippen LogP contribution in [-0.2, 0) is 8.85 Å². The molecule has 0 aliphatic heterocycles. The fourth-order valence-corrected chi connectivity index (χ4v) is 6.61. The first-order chi connectivity index (χ1) is 7.55. The second-order valence-corrected chi connectivity index (χ2v) is 8.66. The van der Waals surface area contributed by atoms with Crippen LogP contribution in [0.15, 0.2) is 18.2 Å². The van der Waals surface area contributed by atoms with E-state index in [1.54, 1.807) is 0 Å². The summed E-state index contributed by atoms with van der Waals surface area (Å²) >= 11 is 4.73. The summed E-state index contributed by atoms with van der Waals surface area (Å²) in [6.07, 6.45) is 0. The average molecular weight is 462 g/mol. The molecule has 0 bridgehead atoms. The Bertz CT molecular complexity index is 352. The van der Waals surface area contributed by atoms with E-state index in [0.29, 0.717) is 13.2 Å². The molecule has 5 heteroatoms. The first-order valence-corrected chi connectivity index (χ1v) is 9.75. The van der Waals surface area contributed by atoms with E-state index in [9.17, 15) is 0 Å². The highest BCUT2D eigenvalue weighted by molar-refractivity contribution is 14.1. The molecule has 0 spiro atoms. The quantitative estimate of drug-likeness (QED) is 0.495. The Morgan fingerprint density at radius 1 is 1.12 bits per heavy atom. The molecular formula is C11H16I2O2Si. The van der Waals surface area contributed by atoms with Gasteiger partial charge in [0.05, 0.1) is 0 Å². The maximum absolute atomic E-state index is 5.90. The fourth-order valence-electron chi connectivity index (χ4n) is 1.60. The normalized spacial score (nSPS) is 11.8. The van der Waals surface area contributed by atoms with Crippen molar-refractivity contribution in [3.63, 3.8) is 0 Å². The third-order valence-electron chi connectivity index (χ3n) is 2.28. The van der Waals surface area contributed by atoms with E-state index in [2.05, 4.69) is 69.9 Å². The fraction of sp³-hybridized carbons (Fsp3) is 0.455. The Kier molecular flexibility index (Phi) is 6.20. The lowest BCUT2D eigenvalue weighted by atomic mass is 10.4. The molecule has 0 fully saturated rings. The van der Waals surface area contributed by atoms with Gasteiger partial charge in [-0.3, -0.25) is 0 Å². The molecule has 0 atom stereocenters. The van der Waals surface area contributed by atoms with Gasteiger partial charge in [0.25, 0.3) is 0 Å². The molecule has 0 amide bonds. The third-order valence-corrected chi connectivity index (χ3v) is 8.96. The molecule has 90 valence electrons. The van der Waals surface area contributed by atoms with Crippen molar-refractivity contribution >= 4 is 58.9 Å². The molecule has 0 radical (unpaired) electrons. The minimum Gasteiger partial charge on any atom is -0.391 e. The summed E-state index contributed by atoms with van der Waals surface area (Å²) in [6.45, 7) is 7.55. The van der Waals surface area contributed by atoms with Gasteiger partial charge in [0.1, 0.15) is 0 Å². The van der Waals surface area contributed by atoms with Crippen molar-refractivity contribution in [2.45, 2.75) is 20.4 Å². The summed E-state index contributed by atoms with van der Waals surface area (Å²) in [5.74, 6) is 0. The standard InChI is InChI=1S/C11H16I2O2Si/c1-4-14-16(3,15-5-2)10-8-6-7-9(12)11(10)13/h6-8H,4-5H2,1-3H3. The predicted octanol–water partition coefficient (Wildman–Crippen LogP) is 3.25.